The number of carboxylic acid groups (broad SMARTS) is 2. The molecule has 0 amide bonds. The SMILES string of the molecule is CC(=O)O[C@@H]([C@H](OC(C)=O)[C@@H](COc1ccc(C(=O)O)cc1)OC(C)=O)[C@@H](COc1ccc(C(=O)O)cc1)OC(C)=O. The summed E-state index contributed by atoms with van der Waals surface area (Å²) >= 11 is 0. The second-order valence-corrected chi connectivity index (χ2v) is 8.72. The molecule has 0 spiro atoms. The number of carbonyl (C=O) groups is 6. The lowest BCUT2D eigenvalue weighted by Gasteiger charge is -2.35. The summed E-state index contributed by atoms with van der Waals surface area (Å²) < 4.78 is 32.8. The van der Waals surface area contributed by atoms with Gasteiger partial charge in [0.1, 0.15) is 24.7 Å². The van der Waals surface area contributed by atoms with Crippen molar-refractivity contribution in [3.63, 3.8) is 0 Å². The minimum Gasteiger partial charge on any atom is -0.490 e. The van der Waals surface area contributed by atoms with E-state index < -0.39 is 73.4 Å². The van der Waals surface area contributed by atoms with E-state index in [4.69, 9.17) is 38.6 Å². The van der Waals surface area contributed by atoms with E-state index in [2.05, 4.69) is 0 Å². The summed E-state index contributed by atoms with van der Waals surface area (Å²) in [5, 5.41) is 18.2. The largest absolute Gasteiger partial charge is 0.490 e. The Hall–Kier alpha value is -5.14. The maximum atomic E-state index is 12.1. The van der Waals surface area contributed by atoms with Gasteiger partial charge in [-0.05, 0) is 48.5 Å². The molecule has 0 aliphatic rings. The van der Waals surface area contributed by atoms with Gasteiger partial charge in [0, 0.05) is 27.7 Å². The molecule has 0 aliphatic heterocycles. The molecule has 0 aromatic heterocycles. The lowest BCUT2D eigenvalue weighted by atomic mass is 10.0. The van der Waals surface area contributed by atoms with Crippen LogP contribution in [-0.2, 0) is 38.1 Å². The third-order valence-corrected chi connectivity index (χ3v) is 5.33. The summed E-state index contributed by atoms with van der Waals surface area (Å²) in [6, 6.07) is 10.5. The third kappa shape index (κ3) is 10.8. The van der Waals surface area contributed by atoms with Crippen molar-refractivity contribution in [2.24, 2.45) is 0 Å². The Kier molecular flexibility index (Phi) is 12.3. The molecule has 14 heteroatoms. The maximum Gasteiger partial charge on any atom is 0.335 e. The number of esters is 4. The Morgan fingerprint density at radius 3 is 1.05 bits per heavy atom. The highest BCUT2D eigenvalue weighted by atomic mass is 16.6. The molecule has 0 saturated carbocycles. The van der Waals surface area contributed by atoms with Gasteiger partial charge in [-0.15, -0.1) is 0 Å². The van der Waals surface area contributed by atoms with Crippen LogP contribution in [0.2, 0.25) is 0 Å². The first-order chi connectivity index (χ1) is 19.8. The maximum absolute atomic E-state index is 12.1. The van der Waals surface area contributed by atoms with Gasteiger partial charge < -0.3 is 38.6 Å². The molecule has 2 N–H and O–H groups in total. The Morgan fingerprint density at radius 2 is 0.810 bits per heavy atom. The van der Waals surface area contributed by atoms with Gasteiger partial charge in [-0.25, -0.2) is 9.59 Å². The van der Waals surface area contributed by atoms with Crippen molar-refractivity contribution in [3.8, 4) is 11.5 Å². The quantitative estimate of drug-likeness (QED) is 0.226. The molecule has 0 fully saturated rings. The molecule has 2 rings (SSSR count). The Morgan fingerprint density at radius 1 is 0.524 bits per heavy atom. The molecular weight excluding hydrogens is 560 g/mol. The molecular formula is C28H30O14. The van der Waals surface area contributed by atoms with E-state index in [0.29, 0.717) is 0 Å². The van der Waals surface area contributed by atoms with Crippen LogP contribution in [-0.4, -0.2) is 83.7 Å². The highest BCUT2D eigenvalue weighted by Gasteiger charge is 2.44. The second-order valence-electron chi connectivity index (χ2n) is 8.72. The van der Waals surface area contributed by atoms with Gasteiger partial charge in [-0.2, -0.15) is 0 Å². The highest BCUT2D eigenvalue weighted by molar-refractivity contribution is 5.88. The lowest BCUT2D eigenvalue weighted by molar-refractivity contribution is -0.202. The molecule has 226 valence electrons. The summed E-state index contributed by atoms with van der Waals surface area (Å²) in [7, 11) is 0. The van der Waals surface area contributed by atoms with Gasteiger partial charge in [-0.3, -0.25) is 19.2 Å². The minimum absolute atomic E-state index is 0.00609. The van der Waals surface area contributed by atoms with Crippen LogP contribution in [0.4, 0.5) is 0 Å². The molecule has 0 heterocycles. The van der Waals surface area contributed by atoms with Crippen LogP contribution >= 0.6 is 0 Å². The van der Waals surface area contributed by atoms with E-state index in [1.807, 2.05) is 0 Å². The van der Waals surface area contributed by atoms with Crippen LogP contribution in [0.3, 0.4) is 0 Å². The van der Waals surface area contributed by atoms with Crippen molar-refractivity contribution < 1.29 is 67.4 Å². The molecule has 0 radical (unpaired) electrons. The van der Waals surface area contributed by atoms with E-state index in [1.54, 1.807) is 0 Å². The number of hydrogen-bond acceptors (Lipinski definition) is 12. The zero-order valence-electron chi connectivity index (χ0n) is 23.1. The zero-order valence-corrected chi connectivity index (χ0v) is 23.1. The molecule has 0 saturated heterocycles. The molecule has 2 aromatic carbocycles. The molecule has 0 unspecified atom stereocenters. The van der Waals surface area contributed by atoms with Gasteiger partial charge in [0.05, 0.1) is 11.1 Å². The number of ether oxygens (including phenoxy) is 6. The van der Waals surface area contributed by atoms with Crippen LogP contribution in [0.5, 0.6) is 11.5 Å². The third-order valence-electron chi connectivity index (χ3n) is 5.33. The average molecular weight is 591 g/mol. The zero-order chi connectivity index (χ0) is 31.4. The first kappa shape index (κ1) is 33.1. The Balaban J connectivity index is 2.43. The van der Waals surface area contributed by atoms with Crippen LogP contribution < -0.4 is 9.47 Å². The van der Waals surface area contributed by atoms with Crippen LogP contribution in [0.15, 0.2) is 48.5 Å². The molecule has 42 heavy (non-hydrogen) atoms. The van der Waals surface area contributed by atoms with Crippen molar-refractivity contribution in [2.75, 3.05) is 13.2 Å². The summed E-state index contributed by atoms with van der Waals surface area (Å²) in [5.41, 5.74) is -0.0122. The molecule has 2 aromatic rings. The Labute approximate surface area is 240 Å². The van der Waals surface area contributed by atoms with Gasteiger partial charge in [-0.1, -0.05) is 0 Å². The van der Waals surface area contributed by atoms with Crippen molar-refractivity contribution in [2.45, 2.75) is 52.1 Å². The summed E-state index contributed by atoms with van der Waals surface area (Å²) in [6.07, 6.45) is -6.03. The van der Waals surface area contributed by atoms with Crippen molar-refractivity contribution in [3.05, 3.63) is 59.7 Å². The van der Waals surface area contributed by atoms with Crippen molar-refractivity contribution in [1.82, 2.24) is 0 Å². The Bertz CT molecular complexity index is 1170. The van der Waals surface area contributed by atoms with Crippen LogP contribution in [0, 0.1) is 0 Å². The highest BCUT2D eigenvalue weighted by Crippen LogP contribution is 2.23. The predicted molar refractivity (Wildman–Crippen MR) is 140 cm³/mol. The summed E-state index contributed by atoms with van der Waals surface area (Å²) in [5.74, 6) is -5.34. The topological polar surface area (TPSA) is 198 Å². The predicted octanol–water partition coefficient (Wildman–Crippen LogP) is 2.27. The number of aromatic carboxylic acids is 2. The molecule has 0 aliphatic carbocycles. The van der Waals surface area contributed by atoms with Crippen LogP contribution in [0.1, 0.15) is 48.4 Å². The monoisotopic (exact) mass is 590 g/mol. The number of hydrogen-bond donors (Lipinski definition) is 2. The van der Waals surface area contributed by atoms with Crippen molar-refractivity contribution in [1.29, 1.82) is 0 Å². The van der Waals surface area contributed by atoms with E-state index in [-0.39, 0.29) is 22.6 Å². The molecule has 4 atom stereocenters. The number of carbonyl (C=O) groups excluding carboxylic acids is 4. The first-order valence-corrected chi connectivity index (χ1v) is 12.4. The second kappa shape index (κ2) is 15.6. The van der Waals surface area contributed by atoms with Crippen molar-refractivity contribution >= 4 is 35.8 Å². The van der Waals surface area contributed by atoms with Gasteiger partial charge in [0.25, 0.3) is 0 Å². The smallest absolute Gasteiger partial charge is 0.335 e. The minimum atomic E-state index is -1.59. The summed E-state index contributed by atoms with van der Waals surface area (Å²) in [6.45, 7) is 3.32. The fourth-order valence-electron chi connectivity index (χ4n) is 3.65. The van der Waals surface area contributed by atoms with Gasteiger partial charge >= 0.3 is 35.8 Å². The summed E-state index contributed by atoms with van der Waals surface area (Å²) in [4.78, 5) is 70.5. The van der Waals surface area contributed by atoms with Gasteiger partial charge in [0.15, 0.2) is 24.4 Å². The first-order valence-electron chi connectivity index (χ1n) is 12.4. The lowest BCUT2D eigenvalue weighted by Crippen LogP contribution is -2.54. The number of benzene rings is 2. The number of rotatable bonds is 15. The fraction of sp³-hybridized carbons (Fsp3) is 0.357. The van der Waals surface area contributed by atoms with Crippen LogP contribution in [0.25, 0.3) is 0 Å². The van der Waals surface area contributed by atoms with E-state index in [1.165, 1.54) is 48.5 Å². The van der Waals surface area contributed by atoms with E-state index in [9.17, 15) is 28.8 Å². The standard InChI is InChI=1S/C28H30O14/c1-15(29)39-23(13-37-21-9-5-19(6-10-21)27(33)34)25(41-17(3)31)26(42-18(4)32)24(40-16(2)30)14-38-22-11-7-20(8-12-22)28(35)36/h5-12,23-26H,13-14H2,1-4H3,(H,33,34)(H,35,36)/t23-,24-,25-,26-/m1/s1. The fourth-order valence-corrected chi connectivity index (χ4v) is 3.65. The van der Waals surface area contributed by atoms with Gasteiger partial charge in [0.2, 0.25) is 0 Å². The number of carboxylic acids is 2. The van der Waals surface area contributed by atoms with E-state index >= 15 is 0 Å². The average Bonchev–Trinajstić information content (AvgIpc) is 2.90. The normalized spacial score (nSPS) is 13.3. The molecule has 14 nitrogen and oxygen atoms in total. The van der Waals surface area contributed by atoms with E-state index in [0.717, 1.165) is 27.7 Å². The molecule has 0 bridgehead atoms.